The Hall–Kier alpha value is -1.40. The Bertz CT molecular complexity index is 450. The molecule has 0 heterocycles. The molecule has 1 aromatic carbocycles. The molecular weight excluding hydrogens is 250 g/mol. The van der Waals surface area contributed by atoms with Crippen molar-refractivity contribution in [2.24, 2.45) is 5.16 Å². The Labute approximate surface area is 92.9 Å². The van der Waals surface area contributed by atoms with Crippen LogP contribution in [-0.2, 0) is 0 Å². The van der Waals surface area contributed by atoms with Crippen LogP contribution in [0.5, 0.6) is 0 Å². The summed E-state index contributed by atoms with van der Waals surface area (Å²) in [5.74, 6) is -1.09. The van der Waals surface area contributed by atoms with Gasteiger partial charge in [-0.3, -0.25) is 10.1 Å². The van der Waals surface area contributed by atoms with Crippen molar-refractivity contribution < 1.29 is 14.5 Å². The quantitative estimate of drug-likeness (QED) is 0.381. The van der Waals surface area contributed by atoms with Crippen LogP contribution in [0.2, 0.25) is 5.02 Å². The summed E-state index contributed by atoms with van der Waals surface area (Å²) in [6.45, 7) is 0. The normalized spacial score (nSPS) is 11.5. The van der Waals surface area contributed by atoms with Crippen LogP contribution in [0, 0.1) is 15.9 Å². The summed E-state index contributed by atoms with van der Waals surface area (Å²) >= 11 is 10.9. The van der Waals surface area contributed by atoms with Gasteiger partial charge in [-0.25, -0.2) is 0 Å². The number of halogens is 3. The van der Waals surface area contributed by atoms with Gasteiger partial charge in [0.2, 0.25) is 5.82 Å². The number of oxime groups is 1. The largest absolute Gasteiger partial charge is 0.410 e. The van der Waals surface area contributed by atoms with Crippen LogP contribution in [0.25, 0.3) is 0 Å². The zero-order valence-corrected chi connectivity index (χ0v) is 8.46. The molecule has 8 heteroatoms. The monoisotopic (exact) mass is 252 g/mol. The lowest BCUT2D eigenvalue weighted by Crippen LogP contribution is -1.99. The summed E-state index contributed by atoms with van der Waals surface area (Å²) in [5.41, 5.74) is -0.912. The van der Waals surface area contributed by atoms with E-state index in [0.717, 1.165) is 12.1 Å². The summed E-state index contributed by atoms with van der Waals surface area (Å²) in [7, 11) is 0. The predicted molar refractivity (Wildman–Crippen MR) is 52.2 cm³/mol. The second-order valence-corrected chi connectivity index (χ2v) is 3.20. The maximum Gasteiger partial charge on any atom is 0.305 e. The number of nitrogens with zero attached hydrogens (tertiary/aromatic N) is 2. The van der Waals surface area contributed by atoms with Crippen LogP contribution >= 0.6 is 23.2 Å². The van der Waals surface area contributed by atoms with Crippen LogP contribution < -0.4 is 0 Å². The zero-order chi connectivity index (χ0) is 11.6. The van der Waals surface area contributed by atoms with Crippen molar-refractivity contribution in [3.63, 3.8) is 0 Å². The fraction of sp³-hybridized carbons (Fsp3) is 0. The number of nitro benzene ring substituents is 1. The molecule has 5 nitrogen and oxygen atoms in total. The molecule has 0 aliphatic heterocycles. The smallest absolute Gasteiger partial charge is 0.305 e. The fourth-order valence-corrected chi connectivity index (χ4v) is 1.33. The number of nitro groups is 1. The maximum atomic E-state index is 13.0. The number of benzene rings is 1. The average Bonchev–Trinajstić information content (AvgIpc) is 2.16. The highest BCUT2D eigenvalue weighted by molar-refractivity contribution is 6.70. The zero-order valence-electron chi connectivity index (χ0n) is 6.95. The molecule has 0 saturated heterocycles. The molecular formula is C7H3Cl2FN2O3. The predicted octanol–water partition coefficient (Wildman–Crippen LogP) is 2.76. The topological polar surface area (TPSA) is 75.7 Å². The van der Waals surface area contributed by atoms with Crippen molar-refractivity contribution in [3.8, 4) is 0 Å². The van der Waals surface area contributed by atoms with Gasteiger partial charge in [0.15, 0.2) is 5.17 Å². The summed E-state index contributed by atoms with van der Waals surface area (Å²) in [4.78, 5) is 9.44. The van der Waals surface area contributed by atoms with Gasteiger partial charge in [0.05, 0.1) is 9.95 Å². The Morgan fingerprint density at radius 1 is 1.60 bits per heavy atom. The fourth-order valence-electron chi connectivity index (χ4n) is 0.889. The molecule has 0 unspecified atom stereocenters. The summed E-state index contributed by atoms with van der Waals surface area (Å²) in [5, 5.41) is 20.7. The van der Waals surface area contributed by atoms with E-state index in [9.17, 15) is 14.5 Å². The van der Waals surface area contributed by atoms with E-state index in [-0.39, 0.29) is 10.6 Å². The first kappa shape index (κ1) is 11.7. The van der Waals surface area contributed by atoms with Gasteiger partial charge in [0, 0.05) is 17.7 Å². The Kier molecular flexibility index (Phi) is 3.43. The first-order valence-electron chi connectivity index (χ1n) is 3.48. The molecule has 0 fully saturated rings. The van der Waals surface area contributed by atoms with E-state index < -0.39 is 21.6 Å². The van der Waals surface area contributed by atoms with Crippen molar-refractivity contribution in [2.45, 2.75) is 0 Å². The highest BCUT2D eigenvalue weighted by Crippen LogP contribution is 2.27. The van der Waals surface area contributed by atoms with Gasteiger partial charge < -0.3 is 5.21 Å². The molecule has 0 bridgehead atoms. The summed E-state index contributed by atoms with van der Waals surface area (Å²) in [6.07, 6.45) is 0. The SMILES string of the molecule is O=[N+]([O-])c1cc(/C(Cl)=N/O)c(Cl)cc1F. The minimum absolute atomic E-state index is 0.117. The highest BCUT2D eigenvalue weighted by Gasteiger charge is 2.19. The van der Waals surface area contributed by atoms with E-state index >= 15 is 0 Å². The van der Waals surface area contributed by atoms with Gasteiger partial charge in [0.1, 0.15) is 0 Å². The third kappa shape index (κ3) is 2.34. The minimum atomic E-state index is -1.09. The van der Waals surface area contributed by atoms with E-state index in [0.29, 0.717) is 0 Å². The highest BCUT2D eigenvalue weighted by atomic mass is 35.5. The average molecular weight is 253 g/mol. The number of hydrogen-bond acceptors (Lipinski definition) is 4. The summed E-state index contributed by atoms with van der Waals surface area (Å²) < 4.78 is 13.0. The van der Waals surface area contributed by atoms with E-state index in [2.05, 4.69) is 5.16 Å². The third-order valence-corrected chi connectivity index (χ3v) is 2.14. The standard InChI is InChI=1S/C7H3Cl2FN2O3/c8-4-2-5(10)6(12(14)15)1-3(4)7(9)11-13/h1-2,13H/b11-7-. The molecule has 1 aromatic rings. The molecule has 0 aromatic heterocycles. The van der Waals surface area contributed by atoms with Gasteiger partial charge >= 0.3 is 5.69 Å². The second-order valence-electron chi connectivity index (χ2n) is 2.43. The van der Waals surface area contributed by atoms with Crippen molar-refractivity contribution in [1.29, 1.82) is 0 Å². The molecule has 0 atom stereocenters. The van der Waals surface area contributed by atoms with E-state index in [1.807, 2.05) is 0 Å². The number of hydrogen-bond donors (Lipinski definition) is 1. The molecule has 0 aliphatic carbocycles. The first-order valence-corrected chi connectivity index (χ1v) is 4.24. The van der Waals surface area contributed by atoms with Gasteiger partial charge in [-0.05, 0) is 0 Å². The molecule has 0 amide bonds. The second kappa shape index (κ2) is 4.41. The van der Waals surface area contributed by atoms with Gasteiger partial charge in [0.25, 0.3) is 0 Å². The van der Waals surface area contributed by atoms with Crippen LogP contribution in [0.15, 0.2) is 17.3 Å². The van der Waals surface area contributed by atoms with E-state index in [1.165, 1.54) is 0 Å². The van der Waals surface area contributed by atoms with Gasteiger partial charge in [-0.15, -0.1) is 0 Å². The van der Waals surface area contributed by atoms with Crippen LogP contribution in [0.1, 0.15) is 5.56 Å². The van der Waals surface area contributed by atoms with Crippen molar-refractivity contribution >= 4 is 34.1 Å². The molecule has 1 N–H and O–H groups in total. The van der Waals surface area contributed by atoms with Crippen molar-refractivity contribution in [2.75, 3.05) is 0 Å². The minimum Gasteiger partial charge on any atom is -0.410 e. The Morgan fingerprint density at radius 3 is 2.67 bits per heavy atom. The lowest BCUT2D eigenvalue weighted by molar-refractivity contribution is -0.387. The van der Waals surface area contributed by atoms with E-state index in [1.54, 1.807) is 0 Å². The van der Waals surface area contributed by atoms with Gasteiger partial charge in [-0.2, -0.15) is 4.39 Å². The third-order valence-electron chi connectivity index (χ3n) is 1.54. The van der Waals surface area contributed by atoms with Crippen molar-refractivity contribution in [3.05, 3.63) is 38.7 Å². The molecule has 0 spiro atoms. The maximum absolute atomic E-state index is 13.0. The molecule has 15 heavy (non-hydrogen) atoms. The van der Waals surface area contributed by atoms with Crippen LogP contribution in [0.3, 0.4) is 0 Å². The lowest BCUT2D eigenvalue weighted by Gasteiger charge is -2.01. The lowest BCUT2D eigenvalue weighted by atomic mass is 10.2. The Morgan fingerprint density at radius 2 is 2.20 bits per heavy atom. The molecule has 0 radical (unpaired) electrons. The van der Waals surface area contributed by atoms with E-state index in [4.69, 9.17) is 28.4 Å². The van der Waals surface area contributed by atoms with Crippen LogP contribution in [0.4, 0.5) is 10.1 Å². The van der Waals surface area contributed by atoms with Gasteiger partial charge in [-0.1, -0.05) is 28.4 Å². The number of rotatable bonds is 2. The molecule has 1 rings (SSSR count). The molecule has 0 aliphatic rings. The van der Waals surface area contributed by atoms with Crippen molar-refractivity contribution in [1.82, 2.24) is 0 Å². The first-order chi connectivity index (χ1) is 6.97. The Balaban J connectivity index is 3.43. The van der Waals surface area contributed by atoms with Crippen LogP contribution in [-0.4, -0.2) is 15.3 Å². The molecule has 0 saturated carbocycles. The summed E-state index contributed by atoms with van der Waals surface area (Å²) in [6, 6.07) is 1.52. The molecule has 80 valence electrons.